The van der Waals surface area contributed by atoms with Gasteiger partial charge in [-0.15, -0.1) is 0 Å². The number of carbonyl (C=O) groups is 3. The van der Waals surface area contributed by atoms with Gasteiger partial charge in [-0.25, -0.2) is 4.79 Å². The van der Waals surface area contributed by atoms with Gasteiger partial charge in [0, 0.05) is 6.54 Å². The van der Waals surface area contributed by atoms with E-state index in [1.165, 1.54) is 0 Å². The second kappa shape index (κ2) is 6.31. The summed E-state index contributed by atoms with van der Waals surface area (Å²) in [7, 11) is 0. The molecule has 18 heavy (non-hydrogen) atoms. The van der Waals surface area contributed by atoms with Gasteiger partial charge < -0.3 is 25.8 Å². The van der Waals surface area contributed by atoms with Gasteiger partial charge in [-0.1, -0.05) is 0 Å². The molecule has 0 aliphatic carbocycles. The number of ether oxygens (including phenoxy) is 2. The van der Waals surface area contributed by atoms with Crippen molar-refractivity contribution in [1.82, 2.24) is 4.90 Å². The largest absolute Gasteiger partial charge is 0.464 e. The minimum absolute atomic E-state index is 0.0105. The van der Waals surface area contributed by atoms with Gasteiger partial charge in [0.25, 0.3) is 5.91 Å². The smallest absolute Gasteiger partial charge is 0.332 e. The third-order valence-corrected chi connectivity index (χ3v) is 2.55. The summed E-state index contributed by atoms with van der Waals surface area (Å²) >= 11 is 0. The second-order valence-electron chi connectivity index (χ2n) is 3.75. The van der Waals surface area contributed by atoms with Crippen LogP contribution in [0.25, 0.3) is 0 Å². The van der Waals surface area contributed by atoms with Crippen molar-refractivity contribution < 1.29 is 23.9 Å². The average Bonchev–Trinajstić information content (AvgIpc) is 2.37. The summed E-state index contributed by atoms with van der Waals surface area (Å²) in [5, 5.41) is 0. The van der Waals surface area contributed by atoms with Crippen LogP contribution in [0.4, 0.5) is 0 Å². The number of morpholine rings is 1. The minimum Gasteiger partial charge on any atom is -0.464 e. The number of amides is 2. The summed E-state index contributed by atoms with van der Waals surface area (Å²) in [5.74, 6) is -2.20. The zero-order chi connectivity index (χ0) is 13.7. The first-order valence-corrected chi connectivity index (χ1v) is 5.58. The van der Waals surface area contributed by atoms with Gasteiger partial charge in [0.05, 0.1) is 19.8 Å². The van der Waals surface area contributed by atoms with Crippen LogP contribution in [-0.4, -0.2) is 61.1 Å². The van der Waals surface area contributed by atoms with Crippen molar-refractivity contribution in [1.29, 1.82) is 0 Å². The summed E-state index contributed by atoms with van der Waals surface area (Å²) in [6.07, 6.45) is 0. The van der Waals surface area contributed by atoms with Crippen molar-refractivity contribution in [3.05, 3.63) is 0 Å². The van der Waals surface area contributed by atoms with E-state index in [1.807, 2.05) is 0 Å². The summed E-state index contributed by atoms with van der Waals surface area (Å²) in [6.45, 7) is 2.18. The van der Waals surface area contributed by atoms with Crippen LogP contribution in [0.5, 0.6) is 0 Å². The molecule has 0 saturated carbocycles. The quantitative estimate of drug-likeness (QED) is 0.428. The molecule has 2 unspecified atom stereocenters. The number of rotatable bonds is 4. The van der Waals surface area contributed by atoms with Gasteiger partial charge >= 0.3 is 5.97 Å². The van der Waals surface area contributed by atoms with E-state index in [2.05, 4.69) is 4.74 Å². The van der Waals surface area contributed by atoms with E-state index in [4.69, 9.17) is 16.2 Å². The van der Waals surface area contributed by atoms with E-state index in [0.717, 1.165) is 4.90 Å². The van der Waals surface area contributed by atoms with Crippen LogP contribution in [0.1, 0.15) is 6.92 Å². The molecule has 1 fully saturated rings. The van der Waals surface area contributed by atoms with Crippen LogP contribution >= 0.6 is 0 Å². The highest BCUT2D eigenvalue weighted by atomic mass is 16.5. The molecule has 2 amide bonds. The van der Waals surface area contributed by atoms with E-state index >= 15 is 0 Å². The van der Waals surface area contributed by atoms with Crippen LogP contribution in [-0.2, 0) is 23.9 Å². The van der Waals surface area contributed by atoms with Crippen LogP contribution in [0.15, 0.2) is 0 Å². The number of primary amides is 1. The molecule has 102 valence electrons. The zero-order valence-electron chi connectivity index (χ0n) is 10.1. The first-order chi connectivity index (χ1) is 8.49. The van der Waals surface area contributed by atoms with Crippen molar-refractivity contribution >= 4 is 17.8 Å². The Balaban J connectivity index is 2.74. The monoisotopic (exact) mass is 259 g/mol. The van der Waals surface area contributed by atoms with E-state index in [0.29, 0.717) is 0 Å². The normalized spacial score (nSPS) is 21.2. The van der Waals surface area contributed by atoms with Gasteiger partial charge in [0.1, 0.15) is 6.04 Å². The molecule has 4 N–H and O–H groups in total. The van der Waals surface area contributed by atoms with Gasteiger partial charge in [0.15, 0.2) is 6.04 Å². The van der Waals surface area contributed by atoms with Gasteiger partial charge in [0.2, 0.25) is 5.91 Å². The fourth-order valence-corrected chi connectivity index (χ4v) is 1.61. The van der Waals surface area contributed by atoms with Gasteiger partial charge in [-0.3, -0.25) is 9.59 Å². The molecule has 8 nitrogen and oxygen atoms in total. The highest BCUT2D eigenvalue weighted by molar-refractivity contribution is 6.03. The second-order valence-corrected chi connectivity index (χ2v) is 3.75. The Bertz CT molecular complexity index is 346. The van der Waals surface area contributed by atoms with E-state index in [-0.39, 0.29) is 26.4 Å². The maximum atomic E-state index is 12.0. The number of esters is 1. The van der Waals surface area contributed by atoms with Crippen molar-refractivity contribution in [3.63, 3.8) is 0 Å². The number of nitrogens with two attached hydrogens (primary N) is 2. The van der Waals surface area contributed by atoms with Crippen molar-refractivity contribution in [2.24, 2.45) is 11.5 Å². The lowest BCUT2D eigenvalue weighted by Gasteiger charge is -2.34. The molecule has 1 aliphatic heterocycles. The van der Waals surface area contributed by atoms with Crippen molar-refractivity contribution in [2.75, 3.05) is 26.4 Å². The standard InChI is InChI=1S/C10H17N3O5/c1-2-18-10(16)7(11)9(15)13-3-4-17-5-6(13)8(12)14/h6-7H,2-5,11H2,1H3,(H2,12,14). The molecule has 0 aromatic rings. The molecule has 0 aromatic heterocycles. The predicted octanol–water partition coefficient (Wildman–Crippen LogP) is -2.41. The van der Waals surface area contributed by atoms with E-state index in [1.54, 1.807) is 6.92 Å². The van der Waals surface area contributed by atoms with Crippen molar-refractivity contribution in [3.8, 4) is 0 Å². The Kier molecular flexibility index (Phi) is 5.05. The lowest BCUT2D eigenvalue weighted by molar-refractivity contribution is -0.157. The van der Waals surface area contributed by atoms with Crippen molar-refractivity contribution in [2.45, 2.75) is 19.0 Å². The van der Waals surface area contributed by atoms with E-state index in [9.17, 15) is 14.4 Å². The van der Waals surface area contributed by atoms with Gasteiger partial charge in [-0.2, -0.15) is 0 Å². The summed E-state index contributed by atoms with van der Waals surface area (Å²) < 4.78 is 9.71. The number of hydrogen-bond acceptors (Lipinski definition) is 6. The molecule has 2 atom stereocenters. The first kappa shape index (κ1) is 14.4. The molecule has 0 spiro atoms. The Morgan fingerprint density at radius 1 is 1.50 bits per heavy atom. The molecular formula is C10H17N3O5. The van der Waals surface area contributed by atoms with Crippen LogP contribution in [0, 0.1) is 0 Å². The first-order valence-electron chi connectivity index (χ1n) is 5.58. The van der Waals surface area contributed by atoms with Crippen LogP contribution in [0.2, 0.25) is 0 Å². The third kappa shape index (κ3) is 3.17. The minimum atomic E-state index is -1.44. The van der Waals surface area contributed by atoms with Crippen LogP contribution < -0.4 is 11.5 Å². The SMILES string of the molecule is CCOC(=O)C(N)C(=O)N1CCOCC1C(N)=O. The number of hydrogen-bond donors (Lipinski definition) is 2. The zero-order valence-corrected chi connectivity index (χ0v) is 10.1. The summed E-state index contributed by atoms with van der Waals surface area (Å²) in [5.41, 5.74) is 10.6. The molecule has 1 aliphatic rings. The van der Waals surface area contributed by atoms with Gasteiger partial charge in [-0.05, 0) is 6.92 Å². The maximum Gasteiger partial charge on any atom is 0.332 e. The molecule has 1 heterocycles. The number of carbonyl (C=O) groups excluding carboxylic acids is 3. The lowest BCUT2D eigenvalue weighted by Crippen LogP contribution is -2.60. The summed E-state index contributed by atoms with van der Waals surface area (Å²) in [4.78, 5) is 35.7. The molecule has 0 aromatic carbocycles. The molecule has 1 rings (SSSR count). The predicted molar refractivity (Wildman–Crippen MR) is 60.1 cm³/mol. The molecule has 0 bridgehead atoms. The molecule has 1 saturated heterocycles. The summed E-state index contributed by atoms with van der Waals surface area (Å²) in [6, 6.07) is -2.34. The number of nitrogens with zero attached hydrogens (tertiary/aromatic N) is 1. The molecule has 8 heteroatoms. The highest BCUT2D eigenvalue weighted by Gasteiger charge is 2.36. The van der Waals surface area contributed by atoms with Crippen LogP contribution in [0.3, 0.4) is 0 Å². The Morgan fingerprint density at radius 3 is 2.72 bits per heavy atom. The Labute approximate surface area is 104 Å². The molecular weight excluding hydrogens is 242 g/mol. The highest BCUT2D eigenvalue weighted by Crippen LogP contribution is 2.08. The fraction of sp³-hybridized carbons (Fsp3) is 0.700. The fourth-order valence-electron chi connectivity index (χ4n) is 1.61. The van der Waals surface area contributed by atoms with E-state index < -0.39 is 29.9 Å². The Hall–Kier alpha value is -1.67. The third-order valence-electron chi connectivity index (χ3n) is 2.55. The lowest BCUT2D eigenvalue weighted by atomic mass is 10.1. The topological polar surface area (TPSA) is 125 Å². The average molecular weight is 259 g/mol. The maximum absolute atomic E-state index is 12.0. The Morgan fingerprint density at radius 2 is 2.17 bits per heavy atom. The molecule has 0 radical (unpaired) electrons.